The van der Waals surface area contributed by atoms with Gasteiger partial charge >= 0.3 is 5.97 Å². The molecule has 3 rings (SSSR count). The van der Waals surface area contributed by atoms with E-state index in [1.165, 1.54) is 4.68 Å². The first-order valence-electron chi connectivity index (χ1n) is 6.38. The van der Waals surface area contributed by atoms with Crippen LogP contribution in [-0.2, 0) is 20.1 Å². The molecule has 21 heavy (non-hydrogen) atoms. The van der Waals surface area contributed by atoms with Crippen molar-refractivity contribution in [3.05, 3.63) is 41.3 Å². The zero-order valence-corrected chi connectivity index (χ0v) is 11.4. The van der Waals surface area contributed by atoms with Crippen LogP contribution in [0, 0.1) is 0 Å². The average Bonchev–Trinajstić information content (AvgIpc) is 3.02. The highest BCUT2D eigenvalue weighted by atomic mass is 16.4. The van der Waals surface area contributed by atoms with Crippen molar-refractivity contribution in [3.63, 3.8) is 0 Å². The van der Waals surface area contributed by atoms with Crippen LogP contribution in [0.2, 0.25) is 0 Å². The van der Waals surface area contributed by atoms with Crippen molar-refractivity contribution in [1.82, 2.24) is 24.8 Å². The molecule has 0 fully saturated rings. The molecular weight excluding hydrogens is 272 g/mol. The lowest BCUT2D eigenvalue weighted by Crippen LogP contribution is -2.13. The van der Waals surface area contributed by atoms with Gasteiger partial charge in [-0.1, -0.05) is 23.4 Å². The van der Waals surface area contributed by atoms with Gasteiger partial charge in [0, 0.05) is 19.0 Å². The molecule has 0 atom stereocenters. The van der Waals surface area contributed by atoms with Crippen LogP contribution >= 0.6 is 0 Å². The average molecular weight is 286 g/mol. The summed E-state index contributed by atoms with van der Waals surface area (Å²) in [6, 6.07) is 7.81. The molecule has 0 aliphatic rings. The summed E-state index contributed by atoms with van der Waals surface area (Å²) in [6.45, 7) is 0.383. The minimum absolute atomic E-state index is 0.0550. The van der Waals surface area contributed by atoms with E-state index in [1.807, 2.05) is 31.3 Å². The Morgan fingerprint density at radius 3 is 2.86 bits per heavy atom. The Hall–Kier alpha value is -2.74. The van der Waals surface area contributed by atoms with Gasteiger partial charge in [0.15, 0.2) is 5.69 Å². The van der Waals surface area contributed by atoms with Gasteiger partial charge in [-0.2, -0.15) is 5.10 Å². The van der Waals surface area contributed by atoms with E-state index in [1.54, 1.807) is 4.68 Å². The lowest BCUT2D eigenvalue weighted by molar-refractivity contribution is 0.0689. The molecule has 0 aliphatic heterocycles. The molecule has 0 bridgehead atoms. The predicted octanol–water partition coefficient (Wildman–Crippen LogP) is 0.370. The monoisotopic (exact) mass is 286 g/mol. The number of fused-ring (bicyclic) bond motifs is 1. The van der Waals surface area contributed by atoms with E-state index in [9.17, 15) is 4.79 Å². The number of nitrogens with zero attached hydrogens (tertiary/aromatic N) is 5. The van der Waals surface area contributed by atoms with E-state index < -0.39 is 5.97 Å². The Kier molecular flexibility index (Phi) is 3.15. The number of nitrogens with two attached hydrogens (primary N) is 1. The molecule has 108 valence electrons. The number of aromatic nitrogens is 5. The number of carboxylic acids is 1. The number of aryl methyl sites for hydroxylation is 1. The summed E-state index contributed by atoms with van der Waals surface area (Å²) in [5.41, 5.74) is 7.68. The van der Waals surface area contributed by atoms with Crippen LogP contribution in [0.5, 0.6) is 0 Å². The number of benzene rings is 1. The second kappa shape index (κ2) is 4.98. The highest BCUT2D eigenvalue weighted by Gasteiger charge is 2.19. The first-order chi connectivity index (χ1) is 10.1. The summed E-state index contributed by atoms with van der Waals surface area (Å²) in [7, 11) is 1.86. The van der Waals surface area contributed by atoms with Crippen LogP contribution in [0.3, 0.4) is 0 Å². The zero-order chi connectivity index (χ0) is 15.0. The summed E-state index contributed by atoms with van der Waals surface area (Å²) >= 11 is 0. The van der Waals surface area contributed by atoms with Gasteiger partial charge in [-0.25, -0.2) is 9.48 Å². The van der Waals surface area contributed by atoms with E-state index in [4.69, 9.17) is 10.8 Å². The normalized spacial score (nSPS) is 11.1. The largest absolute Gasteiger partial charge is 0.476 e. The lowest BCUT2D eigenvalue weighted by atomic mass is 10.2. The molecular formula is C13H14N6O2. The minimum atomic E-state index is -1.13. The molecule has 8 heteroatoms. The number of hydrogen-bond acceptors (Lipinski definition) is 5. The first kappa shape index (κ1) is 13.3. The quantitative estimate of drug-likeness (QED) is 0.716. The summed E-state index contributed by atoms with van der Waals surface area (Å²) in [6.07, 6.45) is 0. The van der Waals surface area contributed by atoms with Gasteiger partial charge < -0.3 is 10.8 Å². The van der Waals surface area contributed by atoms with Crippen LogP contribution in [-0.4, -0.2) is 35.9 Å². The third-order valence-corrected chi connectivity index (χ3v) is 3.37. The fraction of sp³-hybridized carbons (Fsp3) is 0.231. The van der Waals surface area contributed by atoms with Crippen molar-refractivity contribution in [2.75, 3.05) is 0 Å². The van der Waals surface area contributed by atoms with Crippen LogP contribution in [0.4, 0.5) is 0 Å². The van der Waals surface area contributed by atoms with E-state index in [0.717, 1.165) is 16.6 Å². The van der Waals surface area contributed by atoms with Gasteiger partial charge in [0.25, 0.3) is 0 Å². The molecule has 3 N–H and O–H groups in total. The van der Waals surface area contributed by atoms with Crippen LogP contribution in [0.25, 0.3) is 10.9 Å². The minimum Gasteiger partial charge on any atom is -0.476 e. The van der Waals surface area contributed by atoms with Gasteiger partial charge in [0.2, 0.25) is 0 Å². The number of carbonyl (C=O) groups is 1. The molecule has 8 nitrogen and oxygen atoms in total. The van der Waals surface area contributed by atoms with Gasteiger partial charge in [-0.15, -0.1) is 5.10 Å². The van der Waals surface area contributed by atoms with Gasteiger partial charge in [-0.05, 0) is 6.07 Å². The zero-order valence-electron chi connectivity index (χ0n) is 11.4. The maximum absolute atomic E-state index is 11.1. The molecule has 0 radical (unpaired) electrons. The Labute approximate surface area is 119 Å². The smallest absolute Gasteiger partial charge is 0.358 e. The van der Waals surface area contributed by atoms with Crippen molar-refractivity contribution in [1.29, 1.82) is 0 Å². The maximum atomic E-state index is 11.1. The topological polar surface area (TPSA) is 112 Å². The van der Waals surface area contributed by atoms with Gasteiger partial charge in [-0.3, -0.25) is 4.68 Å². The molecule has 1 aromatic carbocycles. The number of hydrogen-bond donors (Lipinski definition) is 2. The Morgan fingerprint density at radius 1 is 1.38 bits per heavy atom. The standard InChI is InChI=1S/C13H14N6O2/c1-18-10-5-3-2-4-8(10)9(16-18)7-19-11(6-14)12(13(20)21)15-17-19/h2-5H,6-7,14H2,1H3,(H,20,21). The predicted molar refractivity (Wildman–Crippen MR) is 74.7 cm³/mol. The molecule has 2 aromatic heterocycles. The highest BCUT2D eigenvalue weighted by molar-refractivity contribution is 5.86. The molecule has 0 spiro atoms. The summed E-state index contributed by atoms with van der Waals surface area (Å²) in [5.74, 6) is -1.13. The van der Waals surface area contributed by atoms with Crippen LogP contribution < -0.4 is 5.73 Å². The Bertz CT molecular complexity index is 819. The van der Waals surface area contributed by atoms with Crippen molar-refractivity contribution >= 4 is 16.9 Å². The summed E-state index contributed by atoms with van der Waals surface area (Å²) in [4.78, 5) is 11.1. The van der Waals surface area contributed by atoms with Crippen molar-refractivity contribution in [2.45, 2.75) is 13.1 Å². The van der Waals surface area contributed by atoms with E-state index in [-0.39, 0.29) is 12.2 Å². The van der Waals surface area contributed by atoms with E-state index >= 15 is 0 Å². The molecule has 0 aliphatic carbocycles. The molecule has 0 amide bonds. The summed E-state index contributed by atoms with van der Waals surface area (Å²) in [5, 5.41) is 22.1. The molecule has 0 unspecified atom stereocenters. The molecule has 3 aromatic rings. The van der Waals surface area contributed by atoms with E-state index in [2.05, 4.69) is 15.4 Å². The first-order valence-corrected chi connectivity index (χ1v) is 6.38. The highest BCUT2D eigenvalue weighted by Crippen LogP contribution is 2.19. The Morgan fingerprint density at radius 2 is 2.14 bits per heavy atom. The number of carboxylic acid groups (broad SMARTS) is 1. The fourth-order valence-corrected chi connectivity index (χ4v) is 2.38. The Balaban J connectivity index is 2.05. The van der Waals surface area contributed by atoms with Crippen molar-refractivity contribution in [2.24, 2.45) is 12.8 Å². The molecule has 0 saturated carbocycles. The fourth-order valence-electron chi connectivity index (χ4n) is 2.38. The molecule has 2 heterocycles. The van der Waals surface area contributed by atoms with Crippen LogP contribution in [0.15, 0.2) is 24.3 Å². The maximum Gasteiger partial charge on any atom is 0.358 e. The van der Waals surface area contributed by atoms with Crippen molar-refractivity contribution in [3.8, 4) is 0 Å². The second-order valence-corrected chi connectivity index (χ2v) is 4.64. The summed E-state index contributed by atoms with van der Waals surface area (Å²) < 4.78 is 3.26. The SMILES string of the molecule is Cn1nc(Cn2nnc(C(=O)O)c2CN)c2ccccc21. The van der Waals surface area contributed by atoms with Gasteiger partial charge in [0.05, 0.1) is 23.4 Å². The number of rotatable bonds is 4. The van der Waals surface area contributed by atoms with Gasteiger partial charge in [0.1, 0.15) is 0 Å². The third kappa shape index (κ3) is 2.15. The lowest BCUT2D eigenvalue weighted by Gasteiger charge is -2.03. The third-order valence-electron chi connectivity index (χ3n) is 3.37. The number of aromatic carboxylic acids is 1. The van der Waals surface area contributed by atoms with E-state index in [0.29, 0.717) is 12.2 Å². The van der Waals surface area contributed by atoms with Crippen molar-refractivity contribution < 1.29 is 9.90 Å². The second-order valence-electron chi connectivity index (χ2n) is 4.64. The molecule has 0 saturated heterocycles. The van der Waals surface area contributed by atoms with Crippen LogP contribution in [0.1, 0.15) is 21.9 Å². The number of para-hydroxylation sites is 1.